The average Bonchev–Trinajstić information content (AvgIpc) is 2.99. The predicted octanol–water partition coefficient (Wildman–Crippen LogP) is 1.89. The number of rotatable bonds is 4. The van der Waals surface area contributed by atoms with Crippen molar-refractivity contribution in [3.05, 3.63) is 29.8 Å². The van der Waals surface area contributed by atoms with Crippen LogP contribution in [0.1, 0.15) is 5.56 Å². The summed E-state index contributed by atoms with van der Waals surface area (Å²) in [6.07, 6.45) is 0.324. The Bertz CT molecular complexity index is 267. The Morgan fingerprint density at radius 1 is 1.38 bits per heavy atom. The zero-order valence-electron chi connectivity index (χ0n) is 7.27. The average molecular weight is 196 g/mol. The van der Waals surface area contributed by atoms with Crippen LogP contribution < -0.4 is 4.74 Å². The molecule has 1 aliphatic rings. The van der Waals surface area contributed by atoms with Crippen LogP contribution in [0.15, 0.2) is 24.3 Å². The van der Waals surface area contributed by atoms with Gasteiger partial charge in [0.2, 0.25) is 0 Å². The van der Waals surface area contributed by atoms with Crippen LogP contribution in [-0.2, 0) is 10.5 Å². The van der Waals surface area contributed by atoms with Crippen molar-refractivity contribution in [2.45, 2.75) is 11.9 Å². The molecule has 2 rings (SSSR count). The van der Waals surface area contributed by atoms with Gasteiger partial charge in [-0.05, 0) is 17.7 Å². The molecule has 1 saturated heterocycles. The highest BCUT2D eigenvalue weighted by molar-refractivity contribution is 7.79. The normalized spacial score (nSPS) is 19.9. The number of ether oxygens (including phenoxy) is 2. The second-order valence-electron chi connectivity index (χ2n) is 3.07. The lowest BCUT2D eigenvalue weighted by molar-refractivity contribution is 0.263. The fraction of sp³-hybridized carbons (Fsp3) is 0.400. The van der Waals surface area contributed by atoms with Crippen molar-refractivity contribution in [3.8, 4) is 5.75 Å². The predicted molar refractivity (Wildman–Crippen MR) is 54.4 cm³/mol. The minimum atomic E-state index is 0.324. The second-order valence-corrected chi connectivity index (χ2v) is 3.38. The molecule has 0 N–H and O–H groups in total. The largest absolute Gasteiger partial charge is 0.491 e. The lowest BCUT2D eigenvalue weighted by atomic mass is 10.2. The van der Waals surface area contributed by atoms with Crippen molar-refractivity contribution >= 4 is 12.6 Å². The first kappa shape index (κ1) is 8.91. The smallest absolute Gasteiger partial charge is 0.119 e. The molecule has 1 heterocycles. The number of hydrogen-bond acceptors (Lipinski definition) is 3. The van der Waals surface area contributed by atoms with Crippen LogP contribution in [0.3, 0.4) is 0 Å². The van der Waals surface area contributed by atoms with Crippen molar-refractivity contribution < 1.29 is 9.47 Å². The molecule has 0 aliphatic carbocycles. The van der Waals surface area contributed by atoms with Crippen LogP contribution in [0.2, 0.25) is 0 Å². The molecular formula is C10H12O2S. The van der Waals surface area contributed by atoms with Crippen LogP contribution in [-0.4, -0.2) is 19.3 Å². The molecule has 70 valence electrons. The van der Waals surface area contributed by atoms with Gasteiger partial charge in [-0.15, -0.1) is 0 Å². The number of epoxide rings is 1. The Morgan fingerprint density at radius 3 is 2.62 bits per heavy atom. The molecule has 0 bridgehead atoms. The molecule has 0 amide bonds. The van der Waals surface area contributed by atoms with Crippen LogP contribution in [0.25, 0.3) is 0 Å². The minimum absolute atomic E-state index is 0.324. The summed E-state index contributed by atoms with van der Waals surface area (Å²) in [7, 11) is 0. The summed E-state index contributed by atoms with van der Waals surface area (Å²) in [5.74, 6) is 1.67. The maximum absolute atomic E-state index is 5.48. The third kappa shape index (κ3) is 2.64. The van der Waals surface area contributed by atoms with E-state index in [1.807, 2.05) is 24.3 Å². The van der Waals surface area contributed by atoms with Crippen LogP contribution >= 0.6 is 12.6 Å². The molecule has 0 spiro atoms. The van der Waals surface area contributed by atoms with Gasteiger partial charge >= 0.3 is 0 Å². The number of benzene rings is 1. The van der Waals surface area contributed by atoms with Crippen LogP contribution in [0, 0.1) is 0 Å². The van der Waals surface area contributed by atoms with Gasteiger partial charge in [-0.3, -0.25) is 0 Å². The van der Waals surface area contributed by atoms with Crippen molar-refractivity contribution in [1.29, 1.82) is 0 Å². The molecule has 1 atom stereocenters. The maximum atomic E-state index is 5.48. The van der Waals surface area contributed by atoms with Gasteiger partial charge in [0.05, 0.1) is 6.61 Å². The van der Waals surface area contributed by atoms with Crippen molar-refractivity contribution in [1.82, 2.24) is 0 Å². The number of hydrogen-bond donors (Lipinski definition) is 1. The third-order valence-electron chi connectivity index (χ3n) is 1.94. The molecule has 3 heteroatoms. The van der Waals surface area contributed by atoms with E-state index >= 15 is 0 Å². The van der Waals surface area contributed by atoms with Crippen molar-refractivity contribution in [3.63, 3.8) is 0 Å². The molecule has 1 aromatic carbocycles. The Hall–Kier alpha value is -0.670. The van der Waals surface area contributed by atoms with E-state index in [2.05, 4.69) is 12.6 Å². The first-order valence-corrected chi connectivity index (χ1v) is 4.96. The van der Waals surface area contributed by atoms with E-state index in [9.17, 15) is 0 Å². The quantitative estimate of drug-likeness (QED) is 0.586. The summed E-state index contributed by atoms with van der Waals surface area (Å²) in [5, 5.41) is 0. The van der Waals surface area contributed by atoms with E-state index in [0.29, 0.717) is 12.7 Å². The molecule has 13 heavy (non-hydrogen) atoms. The SMILES string of the molecule is SCc1ccc(OCC2CO2)cc1. The second kappa shape index (κ2) is 4.03. The van der Waals surface area contributed by atoms with E-state index in [-0.39, 0.29) is 0 Å². The molecule has 1 unspecified atom stereocenters. The van der Waals surface area contributed by atoms with E-state index in [1.165, 1.54) is 5.56 Å². The fourth-order valence-corrected chi connectivity index (χ4v) is 1.26. The molecule has 1 aliphatic heterocycles. The molecular weight excluding hydrogens is 184 g/mol. The van der Waals surface area contributed by atoms with Gasteiger partial charge in [0, 0.05) is 5.75 Å². The maximum Gasteiger partial charge on any atom is 0.119 e. The summed E-state index contributed by atoms with van der Waals surface area (Å²) in [6.45, 7) is 1.51. The molecule has 1 fully saturated rings. The van der Waals surface area contributed by atoms with Crippen LogP contribution in [0.4, 0.5) is 0 Å². The zero-order valence-corrected chi connectivity index (χ0v) is 8.17. The summed E-state index contributed by atoms with van der Waals surface area (Å²) in [5.41, 5.74) is 1.21. The van der Waals surface area contributed by atoms with E-state index in [0.717, 1.165) is 18.1 Å². The topological polar surface area (TPSA) is 21.8 Å². The van der Waals surface area contributed by atoms with Gasteiger partial charge in [-0.1, -0.05) is 12.1 Å². The minimum Gasteiger partial charge on any atom is -0.491 e. The monoisotopic (exact) mass is 196 g/mol. The number of thiol groups is 1. The Labute approximate surface area is 83.3 Å². The zero-order chi connectivity index (χ0) is 9.10. The Balaban J connectivity index is 1.88. The molecule has 0 aromatic heterocycles. The summed E-state index contributed by atoms with van der Waals surface area (Å²) < 4.78 is 10.5. The summed E-state index contributed by atoms with van der Waals surface area (Å²) in [6, 6.07) is 7.98. The standard InChI is InChI=1S/C10H12O2S/c13-7-8-1-3-9(4-2-8)11-5-10-6-12-10/h1-4,10,13H,5-7H2. The fourth-order valence-electron chi connectivity index (χ4n) is 1.04. The lowest BCUT2D eigenvalue weighted by Gasteiger charge is -2.04. The van der Waals surface area contributed by atoms with Crippen molar-refractivity contribution in [2.24, 2.45) is 0 Å². The van der Waals surface area contributed by atoms with Gasteiger partial charge in [0.15, 0.2) is 0 Å². The highest BCUT2D eigenvalue weighted by Gasteiger charge is 2.22. The van der Waals surface area contributed by atoms with Crippen molar-refractivity contribution in [2.75, 3.05) is 13.2 Å². The van der Waals surface area contributed by atoms with Gasteiger partial charge in [0.1, 0.15) is 18.5 Å². The molecule has 0 saturated carbocycles. The molecule has 1 aromatic rings. The van der Waals surface area contributed by atoms with E-state index in [1.54, 1.807) is 0 Å². The van der Waals surface area contributed by atoms with Gasteiger partial charge in [-0.25, -0.2) is 0 Å². The highest BCUT2D eigenvalue weighted by atomic mass is 32.1. The first-order valence-electron chi connectivity index (χ1n) is 4.32. The highest BCUT2D eigenvalue weighted by Crippen LogP contribution is 2.16. The van der Waals surface area contributed by atoms with Crippen LogP contribution in [0.5, 0.6) is 5.75 Å². The van der Waals surface area contributed by atoms with Gasteiger partial charge < -0.3 is 9.47 Å². The molecule has 2 nitrogen and oxygen atoms in total. The lowest BCUT2D eigenvalue weighted by Crippen LogP contribution is -2.03. The third-order valence-corrected chi connectivity index (χ3v) is 2.31. The molecule has 0 radical (unpaired) electrons. The summed E-state index contributed by atoms with van der Waals surface area (Å²) >= 11 is 4.18. The van der Waals surface area contributed by atoms with E-state index in [4.69, 9.17) is 9.47 Å². The Morgan fingerprint density at radius 2 is 2.08 bits per heavy atom. The van der Waals surface area contributed by atoms with Gasteiger partial charge in [0.25, 0.3) is 0 Å². The first-order chi connectivity index (χ1) is 6.38. The summed E-state index contributed by atoms with van der Waals surface area (Å²) in [4.78, 5) is 0. The Kier molecular flexibility index (Phi) is 2.76. The van der Waals surface area contributed by atoms with Gasteiger partial charge in [-0.2, -0.15) is 12.6 Å². The van der Waals surface area contributed by atoms with E-state index < -0.39 is 0 Å².